The third-order valence-corrected chi connectivity index (χ3v) is 6.86. The zero-order chi connectivity index (χ0) is 22.4. The van der Waals surface area contributed by atoms with E-state index in [2.05, 4.69) is 10.1 Å². The smallest absolute Gasteiger partial charge is 0.387 e. The van der Waals surface area contributed by atoms with Gasteiger partial charge in [-0.1, -0.05) is 25.1 Å². The van der Waals surface area contributed by atoms with Gasteiger partial charge in [0, 0.05) is 25.2 Å². The first-order valence-corrected chi connectivity index (χ1v) is 11.3. The number of alkyl halides is 2. The molecule has 2 aromatic rings. The molecule has 168 valence electrons. The average molecular weight is 454 g/mol. The average Bonchev–Trinajstić information content (AvgIpc) is 2.77. The van der Waals surface area contributed by atoms with Crippen molar-refractivity contribution in [1.29, 1.82) is 0 Å². The molecule has 1 heterocycles. The Bertz CT molecular complexity index is 1020. The Morgan fingerprint density at radius 3 is 2.61 bits per heavy atom. The number of benzene rings is 2. The van der Waals surface area contributed by atoms with Crippen LogP contribution in [0, 0.1) is 0 Å². The summed E-state index contributed by atoms with van der Waals surface area (Å²) >= 11 is 0. The number of hydrogen-bond acceptors (Lipinski definition) is 5. The monoisotopic (exact) mass is 454 g/mol. The number of nitrogens with one attached hydrogen (secondary N) is 1. The summed E-state index contributed by atoms with van der Waals surface area (Å²) in [5.74, 6) is -0.478. The predicted octanol–water partition coefficient (Wildman–Crippen LogP) is 2.80. The molecule has 0 unspecified atom stereocenters. The molecule has 1 N–H and O–H groups in total. The molecule has 3 rings (SSSR count). The van der Waals surface area contributed by atoms with Crippen LogP contribution in [0.5, 0.6) is 5.75 Å². The van der Waals surface area contributed by atoms with Crippen LogP contribution in [0.15, 0.2) is 47.4 Å². The van der Waals surface area contributed by atoms with Crippen molar-refractivity contribution in [1.82, 2.24) is 9.62 Å². The van der Waals surface area contributed by atoms with Gasteiger partial charge in [-0.15, -0.1) is 0 Å². The summed E-state index contributed by atoms with van der Waals surface area (Å²) < 4.78 is 61.9. The lowest BCUT2D eigenvalue weighted by Crippen LogP contribution is -2.41. The van der Waals surface area contributed by atoms with Crippen LogP contribution in [-0.2, 0) is 27.7 Å². The standard InChI is InChI=1S/C21H24F2N2O5S/c1-2-16-6-7-17(13-19(16)31(27,28)25-8-10-29-11-9-25)20(26)24-14-15-4-3-5-18(12-15)30-21(22)23/h3-7,12-13,21H,2,8-11,14H2,1H3,(H,24,26). The van der Waals surface area contributed by atoms with Crippen LogP contribution >= 0.6 is 0 Å². The van der Waals surface area contributed by atoms with E-state index < -0.39 is 22.5 Å². The quantitative estimate of drug-likeness (QED) is 0.663. The van der Waals surface area contributed by atoms with Crippen LogP contribution in [0.25, 0.3) is 0 Å². The lowest BCUT2D eigenvalue weighted by atomic mass is 10.1. The fourth-order valence-corrected chi connectivity index (χ4v) is 5.00. The molecule has 2 aromatic carbocycles. The molecule has 1 aliphatic rings. The highest BCUT2D eigenvalue weighted by atomic mass is 32.2. The Morgan fingerprint density at radius 2 is 1.94 bits per heavy atom. The lowest BCUT2D eigenvalue weighted by molar-refractivity contribution is -0.0498. The highest BCUT2D eigenvalue weighted by molar-refractivity contribution is 7.89. The highest BCUT2D eigenvalue weighted by Gasteiger charge is 2.29. The number of hydrogen-bond donors (Lipinski definition) is 1. The minimum absolute atomic E-state index is 0.00654. The summed E-state index contributed by atoms with van der Waals surface area (Å²) in [7, 11) is -3.76. The minimum Gasteiger partial charge on any atom is -0.435 e. The zero-order valence-corrected chi connectivity index (χ0v) is 17.8. The number of carbonyl (C=O) groups excluding carboxylic acids is 1. The van der Waals surface area contributed by atoms with E-state index in [1.54, 1.807) is 24.3 Å². The van der Waals surface area contributed by atoms with E-state index in [4.69, 9.17) is 4.74 Å². The molecule has 0 bridgehead atoms. The van der Waals surface area contributed by atoms with Crippen LogP contribution in [0.1, 0.15) is 28.4 Å². The first-order chi connectivity index (χ1) is 14.8. The summed E-state index contributed by atoms with van der Waals surface area (Å²) in [6.45, 7) is 0.165. The van der Waals surface area contributed by atoms with Crippen molar-refractivity contribution in [2.24, 2.45) is 0 Å². The Balaban J connectivity index is 1.77. The van der Waals surface area contributed by atoms with Crippen LogP contribution in [-0.4, -0.2) is 51.5 Å². The number of nitrogens with zero attached hydrogens (tertiary/aromatic N) is 1. The van der Waals surface area contributed by atoms with Gasteiger partial charge in [-0.05, 0) is 41.8 Å². The Labute approximate surface area is 180 Å². The van der Waals surface area contributed by atoms with E-state index >= 15 is 0 Å². The molecule has 0 spiro atoms. The van der Waals surface area contributed by atoms with Gasteiger partial charge in [-0.2, -0.15) is 13.1 Å². The summed E-state index contributed by atoms with van der Waals surface area (Å²) in [6.07, 6.45) is 0.498. The van der Waals surface area contributed by atoms with Crippen LogP contribution in [0.2, 0.25) is 0 Å². The Morgan fingerprint density at radius 1 is 1.19 bits per heavy atom. The summed E-state index contributed by atoms with van der Waals surface area (Å²) in [4.78, 5) is 12.8. The molecular formula is C21H24F2N2O5S. The van der Waals surface area contributed by atoms with E-state index in [1.807, 2.05) is 6.92 Å². The van der Waals surface area contributed by atoms with Crippen molar-refractivity contribution < 1.29 is 31.5 Å². The van der Waals surface area contributed by atoms with Gasteiger partial charge in [0.25, 0.3) is 5.91 Å². The van der Waals surface area contributed by atoms with Crippen molar-refractivity contribution in [2.75, 3.05) is 26.3 Å². The van der Waals surface area contributed by atoms with E-state index in [0.29, 0.717) is 30.8 Å². The number of morpholine rings is 1. The molecule has 0 saturated carbocycles. The second kappa shape index (κ2) is 10.2. The maximum atomic E-state index is 13.1. The number of ether oxygens (including phenoxy) is 2. The number of carbonyl (C=O) groups is 1. The molecule has 1 fully saturated rings. The maximum Gasteiger partial charge on any atom is 0.387 e. The fourth-order valence-electron chi connectivity index (χ4n) is 3.27. The van der Waals surface area contributed by atoms with Gasteiger partial charge in [-0.3, -0.25) is 4.79 Å². The molecule has 1 amide bonds. The first kappa shape index (κ1) is 23.1. The largest absolute Gasteiger partial charge is 0.435 e. The first-order valence-electron chi connectivity index (χ1n) is 9.84. The van der Waals surface area contributed by atoms with E-state index in [-0.39, 0.29) is 35.8 Å². The molecule has 0 radical (unpaired) electrons. The van der Waals surface area contributed by atoms with Crippen LogP contribution < -0.4 is 10.1 Å². The Kier molecular flexibility index (Phi) is 7.58. The molecule has 10 heteroatoms. The van der Waals surface area contributed by atoms with E-state index in [0.717, 1.165) is 0 Å². The van der Waals surface area contributed by atoms with Crippen molar-refractivity contribution in [3.8, 4) is 5.75 Å². The summed E-state index contributed by atoms with van der Waals surface area (Å²) in [5, 5.41) is 2.68. The maximum absolute atomic E-state index is 13.1. The molecule has 7 nitrogen and oxygen atoms in total. The summed E-state index contributed by atoms with van der Waals surface area (Å²) in [6, 6.07) is 10.6. The molecule has 0 atom stereocenters. The predicted molar refractivity (Wildman–Crippen MR) is 110 cm³/mol. The second-order valence-corrected chi connectivity index (χ2v) is 8.81. The van der Waals surface area contributed by atoms with Gasteiger partial charge in [0.15, 0.2) is 0 Å². The zero-order valence-electron chi connectivity index (χ0n) is 17.0. The molecule has 0 aliphatic carbocycles. The highest BCUT2D eigenvalue weighted by Crippen LogP contribution is 2.24. The van der Waals surface area contributed by atoms with Crippen molar-refractivity contribution in [3.05, 3.63) is 59.2 Å². The lowest BCUT2D eigenvalue weighted by Gasteiger charge is -2.27. The van der Waals surface area contributed by atoms with Gasteiger partial charge in [0.1, 0.15) is 5.75 Å². The van der Waals surface area contributed by atoms with Crippen molar-refractivity contribution >= 4 is 15.9 Å². The SMILES string of the molecule is CCc1ccc(C(=O)NCc2cccc(OC(F)F)c2)cc1S(=O)(=O)N1CCOCC1. The summed E-state index contributed by atoms with van der Waals surface area (Å²) in [5.41, 5.74) is 1.39. The second-order valence-electron chi connectivity index (χ2n) is 6.90. The van der Waals surface area contributed by atoms with E-state index in [1.165, 1.54) is 22.5 Å². The third-order valence-electron chi connectivity index (χ3n) is 4.87. The normalized spacial score (nSPS) is 15.1. The fraction of sp³-hybridized carbons (Fsp3) is 0.381. The molecule has 1 saturated heterocycles. The number of rotatable bonds is 8. The topological polar surface area (TPSA) is 84.9 Å². The number of sulfonamides is 1. The number of halogens is 2. The Hall–Kier alpha value is -2.56. The van der Waals surface area contributed by atoms with Gasteiger partial charge >= 0.3 is 6.61 Å². The van der Waals surface area contributed by atoms with Crippen LogP contribution in [0.4, 0.5) is 8.78 Å². The minimum atomic E-state index is -3.76. The van der Waals surface area contributed by atoms with Gasteiger partial charge in [0.05, 0.1) is 18.1 Å². The van der Waals surface area contributed by atoms with Gasteiger partial charge in [-0.25, -0.2) is 8.42 Å². The van der Waals surface area contributed by atoms with Gasteiger partial charge in [0.2, 0.25) is 10.0 Å². The molecule has 0 aromatic heterocycles. The van der Waals surface area contributed by atoms with E-state index in [9.17, 15) is 22.0 Å². The molecule has 1 aliphatic heterocycles. The molecule has 31 heavy (non-hydrogen) atoms. The van der Waals surface area contributed by atoms with Crippen LogP contribution in [0.3, 0.4) is 0 Å². The third kappa shape index (κ3) is 5.78. The van der Waals surface area contributed by atoms with Gasteiger partial charge < -0.3 is 14.8 Å². The number of amides is 1. The van der Waals surface area contributed by atoms with Crippen molar-refractivity contribution in [2.45, 2.75) is 31.4 Å². The number of aryl methyl sites for hydroxylation is 1. The molecular weight excluding hydrogens is 430 g/mol. The van der Waals surface area contributed by atoms with Crippen molar-refractivity contribution in [3.63, 3.8) is 0 Å².